The van der Waals surface area contributed by atoms with E-state index in [1.54, 1.807) is 11.1 Å². The number of aliphatic carboxylic acids is 1. The number of carboxylic acids is 1. The van der Waals surface area contributed by atoms with Crippen LogP contribution in [0, 0.1) is 0 Å². The Morgan fingerprint density at radius 3 is 2.67 bits per heavy atom. The number of carboxylic acid groups (broad SMARTS) is 1. The molecule has 154 valence electrons. The minimum absolute atomic E-state index is 0.138. The fourth-order valence-electron chi connectivity index (χ4n) is 3.63. The van der Waals surface area contributed by atoms with Gasteiger partial charge in [-0.15, -0.1) is 0 Å². The Kier molecular flexibility index (Phi) is 5.11. The van der Waals surface area contributed by atoms with E-state index in [4.69, 9.17) is 4.74 Å². The minimum atomic E-state index is -1.31. The number of aromatic nitrogens is 2. The molecular weight excluding hydrogens is 384 g/mol. The first-order valence-corrected chi connectivity index (χ1v) is 9.60. The van der Waals surface area contributed by atoms with Gasteiger partial charge in [0.15, 0.2) is 5.72 Å². The second-order valence-corrected chi connectivity index (χ2v) is 7.27. The third-order valence-electron chi connectivity index (χ3n) is 4.91. The monoisotopic (exact) mass is 406 g/mol. The summed E-state index contributed by atoms with van der Waals surface area (Å²) in [5, 5.41) is 15.7. The first-order chi connectivity index (χ1) is 14.4. The van der Waals surface area contributed by atoms with Gasteiger partial charge >= 0.3 is 5.97 Å². The molecule has 0 amide bonds. The standard InChI is InChI=1S/C22H22N4O4/c1-15(2)26-19(27)12-11-17(23-26)21-18-10-6-7-13-25(18)24-22(21,30-14-20(28)29)16-8-4-3-5-9-16/h3-13,15,24H,14H2,1-2H3,(H,28,29). The molecule has 0 aliphatic carbocycles. The molecule has 8 nitrogen and oxygen atoms in total. The first kappa shape index (κ1) is 19.8. The summed E-state index contributed by atoms with van der Waals surface area (Å²) in [6.07, 6.45) is 7.45. The van der Waals surface area contributed by atoms with E-state index in [0.29, 0.717) is 16.8 Å². The van der Waals surface area contributed by atoms with Crippen molar-refractivity contribution in [3.63, 3.8) is 0 Å². The average Bonchev–Trinajstić information content (AvgIpc) is 3.08. The van der Waals surface area contributed by atoms with Crippen LogP contribution in [0.4, 0.5) is 0 Å². The number of allylic oxidation sites excluding steroid dienone is 3. The summed E-state index contributed by atoms with van der Waals surface area (Å²) in [6, 6.07) is 12.3. The third-order valence-corrected chi connectivity index (χ3v) is 4.91. The maximum atomic E-state index is 12.3. The van der Waals surface area contributed by atoms with Crippen molar-refractivity contribution in [3.8, 4) is 0 Å². The predicted octanol–water partition coefficient (Wildman–Crippen LogP) is 2.39. The Morgan fingerprint density at radius 1 is 1.20 bits per heavy atom. The molecule has 0 bridgehead atoms. The molecule has 4 rings (SSSR count). The average molecular weight is 406 g/mol. The Hall–Kier alpha value is -3.49. The molecule has 0 radical (unpaired) electrons. The first-order valence-electron chi connectivity index (χ1n) is 9.60. The Bertz CT molecular complexity index is 1120. The zero-order valence-corrected chi connectivity index (χ0v) is 16.6. The van der Waals surface area contributed by atoms with Gasteiger partial charge in [0, 0.05) is 17.8 Å². The number of hydrazine groups is 1. The van der Waals surface area contributed by atoms with Gasteiger partial charge in [-0.05, 0) is 32.1 Å². The van der Waals surface area contributed by atoms with Crippen LogP contribution in [0.15, 0.2) is 77.4 Å². The maximum absolute atomic E-state index is 12.3. The van der Waals surface area contributed by atoms with Gasteiger partial charge in [0.25, 0.3) is 5.56 Å². The predicted molar refractivity (Wildman–Crippen MR) is 111 cm³/mol. The lowest BCUT2D eigenvalue weighted by Gasteiger charge is -2.33. The van der Waals surface area contributed by atoms with E-state index in [2.05, 4.69) is 10.5 Å². The summed E-state index contributed by atoms with van der Waals surface area (Å²) < 4.78 is 7.43. The molecule has 0 fully saturated rings. The van der Waals surface area contributed by atoms with Gasteiger partial charge in [0.1, 0.15) is 6.61 Å². The zero-order valence-electron chi connectivity index (χ0n) is 16.6. The summed E-state index contributed by atoms with van der Waals surface area (Å²) in [4.78, 5) is 23.7. The van der Waals surface area contributed by atoms with Crippen molar-refractivity contribution in [1.82, 2.24) is 20.2 Å². The number of rotatable bonds is 6. The number of fused-ring (bicyclic) bond motifs is 1. The summed E-state index contributed by atoms with van der Waals surface area (Å²) in [5.74, 6) is -1.09. The minimum Gasteiger partial charge on any atom is -0.480 e. The molecule has 0 saturated heterocycles. The van der Waals surface area contributed by atoms with E-state index in [9.17, 15) is 14.7 Å². The highest BCUT2D eigenvalue weighted by Crippen LogP contribution is 2.45. The molecule has 1 unspecified atom stereocenters. The Balaban J connectivity index is 1.98. The summed E-state index contributed by atoms with van der Waals surface area (Å²) in [5.41, 5.74) is 4.40. The van der Waals surface area contributed by atoms with Gasteiger partial charge < -0.3 is 9.84 Å². The number of hydrogen-bond donors (Lipinski definition) is 2. The number of nitrogens with zero attached hydrogens (tertiary/aromatic N) is 3. The topological polar surface area (TPSA) is 96.7 Å². The number of benzene rings is 1. The quantitative estimate of drug-likeness (QED) is 0.760. The molecule has 1 aromatic heterocycles. The SMILES string of the molecule is CC(C)n1nc(C2=C3C=CC=CN3NC2(OCC(=O)O)c2ccccc2)ccc1=O. The lowest BCUT2D eigenvalue weighted by atomic mass is 9.91. The third kappa shape index (κ3) is 3.36. The van der Waals surface area contributed by atoms with Crippen molar-refractivity contribution in [2.45, 2.75) is 25.6 Å². The van der Waals surface area contributed by atoms with Crippen LogP contribution in [-0.4, -0.2) is 32.5 Å². The van der Waals surface area contributed by atoms with Gasteiger partial charge in [-0.1, -0.05) is 36.4 Å². The number of ether oxygens (including phenoxy) is 1. The lowest BCUT2D eigenvalue weighted by Crippen LogP contribution is -2.47. The zero-order chi connectivity index (χ0) is 21.3. The van der Waals surface area contributed by atoms with Crippen LogP contribution in [0.2, 0.25) is 0 Å². The fraction of sp³-hybridized carbons (Fsp3) is 0.227. The Morgan fingerprint density at radius 2 is 1.97 bits per heavy atom. The van der Waals surface area contributed by atoms with Crippen LogP contribution in [0.25, 0.3) is 5.57 Å². The second-order valence-electron chi connectivity index (χ2n) is 7.27. The van der Waals surface area contributed by atoms with Crippen molar-refractivity contribution >= 4 is 11.5 Å². The lowest BCUT2D eigenvalue weighted by molar-refractivity contribution is -0.150. The van der Waals surface area contributed by atoms with Crippen molar-refractivity contribution in [2.24, 2.45) is 0 Å². The van der Waals surface area contributed by atoms with Crippen LogP contribution in [0.1, 0.15) is 31.1 Å². The highest BCUT2D eigenvalue weighted by atomic mass is 16.5. The smallest absolute Gasteiger partial charge is 0.329 e. The van der Waals surface area contributed by atoms with E-state index in [0.717, 1.165) is 5.70 Å². The van der Waals surface area contributed by atoms with Gasteiger partial charge in [-0.3, -0.25) is 9.80 Å². The van der Waals surface area contributed by atoms with E-state index in [1.807, 2.05) is 68.6 Å². The molecule has 1 aromatic carbocycles. The van der Waals surface area contributed by atoms with Gasteiger partial charge in [-0.25, -0.2) is 9.48 Å². The number of nitrogens with one attached hydrogen (secondary N) is 1. The molecule has 1 atom stereocenters. The van der Waals surface area contributed by atoms with Gasteiger partial charge in [0.05, 0.1) is 23.0 Å². The van der Waals surface area contributed by atoms with Crippen LogP contribution in [-0.2, 0) is 15.3 Å². The van der Waals surface area contributed by atoms with Gasteiger partial charge in [-0.2, -0.15) is 10.5 Å². The molecular formula is C22H22N4O4. The largest absolute Gasteiger partial charge is 0.480 e. The van der Waals surface area contributed by atoms with E-state index in [-0.39, 0.29) is 11.6 Å². The van der Waals surface area contributed by atoms with Crippen LogP contribution < -0.4 is 11.0 Å². The molecule has 2 aliphatic rings. The highest BCUT2D eigenvalue weighted by molar-refractivity contribution is 5.79. The molecule has 0 spiro atoms. The van der Waals surface area contributed by atoms with Crippen molar-refractivity contribution < 1.29 is 14.6 Å². The second kappa shape index (κ2) is 7.74. The van der Waals surface area contributed by atoms with E-state index >= 15 is 0 Å². The molecule has 2 aliphatic heterocycles. The maximum Gasteiger partial charge on any atom is 0.329 e. The fourth-order valence-corrected chi connectivity index (χ4v) is 3.63. The number of carbonyl (C=O) groups is 1. The van der Waals surface area contributed by atoms with Crippen LogP contribution >= 0.6 is 0 Å². The van der Waals surface area contributed by atoms with Crippen molar-refractivity contribution in [3.05, 3.63) is 94.2 Å². The van der Waals surface area contributed by atoms with E-state index < -0.39 is 18.3 Å². The van der Waals surface area contributed by atoms with Crippen LogP contribution in [0.3, 0.4) is 0 Å². The molecule has 8 heteroatoms. The molecule has 3 heterocycles. The molecule has 0 saturated carbocycles. The van der Waals surface area contributed by atoms with Gasteiger partial charge in [0.2, 0.25) is 0 Å². The van der Waals surface area contributed by atoms with E-state index in [1.165, 1.54) is 10.7 Å². The number of hydrogen-bond acceptors (Lipinski definition) is 6. The summed E-state index contributed by atoms with van der Waals surface area (Å²) in [7, 11) is 0. The van der Waals surface area contributed by atoms with Crippen molar-refractivity contribution in [2.75, 3.05) is 6.61 Å². The summed E-state index contributed by atoms with van der Waals surface area (Å²) >= 11 is 0. The highest BCUT2D eigenvalue weighted by Gasteiger charge is 2.48. The molecule has 2 aromatic rings. The molecule has 2 N–H and O–H groups in total. The normalized spacial score (nSPS) is 20.2. The van der Waals surface area contributed by atoms with Crippen LogP contribution in [0.5, 0.6) is 0 Å². The Labute approximate surface area is 173 Å². The summed E-state index contributed by atoms with van der Waals surface area (Å²) in [6.45, 7) is 3.23. The molecule has 30 heavy (non-hydrogen) atoms. The van der Waals surface area contributed by atoms with Crippen molar-refractivity contribution in [1.29, 1.82) is 0 Å².